The second kappa shape index (κ2) is 15.1. The van der Waals surface area contributed by atoms with E-state index in [9.17, 15) is 14.7 Å². The predicted octanol–water partition coefficient (Wildman–Crippen LogP) is 5.92. The maximum Gasteiger partial charge on any atom is 0.243 e. The zero-order chi connectivity index (χ0) is 40.5. The maximum atomic E-state index is 16.2. The number of amides is 2. The lowest BCUT2D eigenvalue weighted by Gasteiger charge is -2.46. The minimum absolute atomic E-state index is 0.00915. The fourth-order valence-electron chi connectivity index (χ4n) is 11.5. The minimum Gasteiger partial charge on any atom is -0.508 e. The number of carbonyl (C=O) groups is 2. The van der Waals surface area contributed by atoms with Crippen LogP contribution >= 0.6 is 0 Å². The van der Waals surface area contributed by atoms with Crippen LogP contribution in [-0.4, -0.2) is 103 Å². The highest BCUT2D eigenvalue weighted by Gasteiger charge is 2.45. The van der Waals surface area contributed by atoms with E-state index in [-0.39, 0.29) is 52.9 Å². The number of piperidine rings is 2. The number of hydrogen-bond donors (Lipinski definition) is 2. The van der Waals surface area contributed by atoms with E-state index in [1.807, 2.05) is 30.3 Å². The molecule has 11 nitrogen and oxygen atoms in total. The Morgan fingerprint density at radius 1 is 0.817 bits per heavy atom. The summed E-state index contributed by atoms with van der Waals surface area (Å²) in [5, 5.41) is 12.7. The molecule has 0 bridgehead atoms. The Hall–Kier alpha value is -5.17. The van der Waals surface area contributed by atoms with Gasteiger partial charge >= 0.3 is 0 Å². The molecule has 0 aromatic heterocycles. The molecule has 1 spiro atoms. The van der Waals surface area contributed by atoms with Crippen molar-refractivity contribution in [2.45, 2.75) is 74.7 Å². The molecule has 5 atom stereocenters. The highest BCUT2D eigenvalue weighted by atomic mass is 19.1. The summed E-state index contributed by atoms with van der Waals surface area (Å²) in [4.78, 5) is 33.8. The van der Waals surface area contributed by atoms with Crippen molar-refractivity contribution >= 4 is 23.2 Å². The molecule has 60 heavy (non-hydrogen) atoms. The highest BCUT2D eigenvalue weighted by Crippen LogP contribution is 2.48. The highest BCUT2D eigenvalue weighted by molar-refractivity contribution is 6.00. The lowest BCUT2D eigenvalue weighted by atomic mass is 9.76. The Labute approximate surface area is 350 Å². The number of fused-ring (bicyclic) bond motifs is 5. The SMILES string of the molecule is O=C1CCC(N2Cc3cc4c(cc3C2)N2CCN(C[C@@H]3COC5(CCN(c6ccc([C@H]7c8ccc(O)cc8OC[C@H]7c7ccccc7)cc6F)CC5)C3)C[C@H]2CO4)C(=O)N1. The average molecular weight is 814 g/mol. The van der Waals surface area contributed by atoms with Crippen LogP contribution in [0, 0.1) is 11.7 Å². The van der Waals surface area contributed by atoms with E-state index in [1.165, 1.54) is 11.1 Å². The molecule has 0 saturated carbocycles. The zero-order valence-corrected chi connectivity index (χ0v) is 33.9. The Bertz CT molecular complexity index is 2320. The van der Waals surface area contributed by atoms with Gasteiger partial charge in [-0.3, -0.25) is 24.7 Å². The van der Waals surface area contributed by atoms with E-state index in [1.54, 1.807) is 18.2 Å². The summed E-state index contributed by atoms with van der Waals surface area (Å²) in [7, 11) is 0. The van der Waals surface area contributed by atoms with Crippen molar-refractivity contribution in [1.82, 2.24) is 15.1 Å². The van der Waals surface area contributed by atoms with Crippen LogP contribution in [0.3, 0.4) is 0 Å². The van der Waals surface area contributed by atoms with Crippen LogP contribution in [0.25, 0.3) is 0 Å². The number of rotatable bonds is 6. The molecule has 2 amide bonds. The van der Waals surface area contributed by atoms with Gasteiger partial charge in [0.1, 0.15) is 29.7 Å². The number of piperazine rings is 1. The maximum absolute atomic E-state index is 16.2. The minimum atomic E-state index is -0.272. The van der Waals surface area contributed by atoms with Crippen molar-refractivity contribution in [1.29, 1.82) is 0 Å². The van der Waals surface area contributed by atoms with Gasteiger partial charge in [-0.05, 0) is 84.2 Å². The van der Waals surface area contributed by atoms with Gasteiger partial charge < -0.3 is 29.1 Å². The van der Waals surface area contributed by atoms with Crippen molar-refractivity contribution in [3.63, 3.8) is 0 Å². The predicted molar refractivity (Wildman–Crippen MR) is 224 cm³/mol. The number of halogens is 1. The summed E-state index contributed by atoms with van der Waals surface area (Å²) in [5.41, 5.74) is 7.09. The number of carbonyl (C=O) groups excluding carboxylic acids is 2. The number of benzene rings is 4. The van der Waals surface area contributed by atoms with Crippen LogP contribution in [-0.2, 0) is 27.4 Å². The molecule has 7 heterocycles. The van der Waals surface area contributed by atoms with E-state index in [4.69, 9.17) is 14.2 Å². The van der Waals surface area contributed by atoms with Crippen LogP contribution in [0.5, 0.6) is 17.2 Å². The number of hydrogen-bond acceptors (Lipinski definition) is 10. The van der Waals surface area contributed by atoms with Crippen LogP contribution in [0.2, 0.25) is 0 Å². The summed E-state index contributed by atoms with van der Waals surface area (Å²) < 4.78 is 35.4. The number of phenolic OH excluding ortho intramolecular Hbond substituents is 1. The Kier molecular flexibility index (Phi) is 9.50. The fraction of sp³-hybridized carbons (Fsp3) is 0.458. The topological polar surface area (TPSA) is 107 Å². The third-order valence-corrected chi connectivity index (χ3v) is 14.5. The normalized spacial score (nSPS) is 27.4. The largest absolute Gasteiger partial charge is 0.508 e. The quantitative estimate of drug-likeness (QED) is 0.228. The number of aromatic hydroxyl groups is 1. The van der Waals surface area contributed by atoms with Crippen molar-refractivity contribution in [3.8, 4) is 17.2 Å². The Morgan fingerprint density at radius 2 is 1.63 bits per heavy atom. The number of phenols is 1. The molecule has 0 aliphatic carbocycles. The zero-order valence-electron chi connectivity index (χ0n) is 33.9. The van der Waals surface area contributed by atoms with Gasteiger partial charge in [0.25, 0.3) is 0 Å². The molecular weight excluding hydrogens is 762 g/mol. The molecule has 4 aromatic carbocycles. The Balaban J connectivity index is 0.705. The summed E-state index contributed by atoms with van der Waals surface area (Å²) in [5.74, 6) is 1.52. The number of nitrogens with zero attached hydrogens (tertiary/aromatic N) is 4. The van der Waals surface area contributed by atoms with Crippen molar-refractivity contribution < 1.29 is 33.3 Å². The first-order valence-corrected chi connectivity index (χ1v) is 21.8. The first kappa shape index (κ1) is 37.8. The average Bonchev–Trinajstić information content (AvgIpc) is 3.86. The molecule has 4 aromatic rings. The van der Waals surface area contributed by atoms with Crippen LogP contribution in [0.1, 0.15) is 71.8 Å². The lowest BCUT2D eigenvalue weighted by molar-refractivity contribution is -0.137. The standard InChI is InChI=1S/C48H52FN5O6/c49-39-18-32(46-37-8-7-36(55)21-43(37)59-29-38(46)31-4-2-1-3-5-31)6-9-40(39)52-14-12-48(13-15-52)22-30(27-60-48)23-51-16-17-54-35(26-51)28-58-44-20-34-25-53(24-33(34)19-42(44)54)41-10-11-45(56)50-47(41)57/h1-9,18-21,30,35,38,41,46,55H,10-17,22-29H2,(H,50,56,57)/t30-,35+,38+,41?,46+/m1/s1. The first-order valence-electron chi connectivity index (χ1n) is 21.8. The van der Waals surface area contributed by atoms with E-state index in [0.29, 0.717) is 56.5 Å². The molecule has 1 unspecified atom stereocenters. The number of imide groups is 1. The molecule has 4 saturated heterocycles. The van der Waals surface area contributed by atoms with E-state index in [2.05, 4.69) is 55.2 Å². The molecule has 7 aliphatic rings. The van der Waals surface area contributed by atoms with E-state index >= 15 is 4.39 Å². The van der Waals surface area contributed by atoms with Gasteiger partial charge in [0.15, 0.2) is 0 Å². The molecule has 11 rings (SSSR count). The molecular formula is C48H52FN5O6. The number of nitrogens with one attached hydrogen (secondary N) is 1. The summed E-state index contributed by atoms with van der Waals surface area (Å²) >= 11 is 0. The molecule has 4 fully saturated rings. The number of anilines is 2. The van der Waals surface area contributed by atoms with Crippen LogP contribution < -0.4 is 24.6 Å². The second-order valence-corrected chi connectivity index (χ2v) is 18.2. The van der Waals surface area contributed by atoms with Gasteiger partial charge in [-0.15, -0.1) is 0 Å². The summed E-state index contributed by atoms with van der Waals surface area (Å²) in [6.07, 6.45) is 3.74. The Morgan fingerprint density at radius 3 is 2.45 bits per heavy atom. The summed E-state index contributed by atoms with van der Waals surface area (Å²) in [6.45, 7) is 8.62. The van der Waals surface area contributed by atoms with Crippen LogP contribution in [0.4, 0.5) is 15.8 Å². The van der Waals surface area contributed by atoms with Crippen molar-refractivity contribution in [3.05, 3.63) is 112 Å². The molecule has 7 aliphatic heterocycles. The van der Waals surface area contributed by atoms with Gasteiger partial charge in [0, 0.05) is 82.2 Å². The van der Waals surface area contributed by atoms with Gasteiger partial charge in [-0.2, -0.15) is 0 Å². The van der Waals surface area contributed by atoms with Crippen molar-refractivity contribution in [2.24, 2.45) is 5.92 Å². The van der Waals surface area contributed by atoms with Gasteiger partial charge in [-0.1, -0.05) is 42.5 Å². The van der Waals surface area contributed by atoms with E-state index in [0.717, 1.165) is 93.3 Å². The molecule has 312 valence electrons. The van der Waals surface area contributed by atoms with E-state index < -0.39 is 0 Å². The summed E-state index contributed by atoms with van der Waals surface area (Å²) in [6, 6.07) is 25.7. The fourth-order valence-corrected chi connectivity index (χ4v) is 11.5. The molecule has 2 N–H and O–H groups in total. The second-order valence-electron chi connectivity index (χ2n) is 18.2. The molecule has 0 radical (unpaired) electrons. The smallest absolute Gasteiger partial charge is 0.243 e. The van der Waals surface area contributed by atoms with Gasteiger partial charge in [0.2, 0.25) is 11.8 Å². The monoisotopic (exact) mass is 813 g/mol. The molecule has 12 heteroatoms. The van der Waals surface area contributed by atoms with Gasteiger partial charge in [0.05, 0.1) is 42.3 Å². The lowest BCUT2D eigenvalue weighted by Crippen LogP contribution is -2.58. The van der Waals surface area contributed by atoms with Crippen molar-refractivity contribution in [2.75, 3.05) is 68.9 Å². The third kappa shape index (κ3) is 6.86. The third-order valence-electron chi connectivity index (χ3n) is 14.5. The first-order chi connectivity index (χ1) is 29.3. The number of ether oxygens (including phenoxy) is 3. The van der Waals surface area contributed by atoms with Crippen LogP contribution in [0.15, 0.2) is 78.9 Å². The van der Waals surface area contributed by atoms with Gasteiger partial charge in [-0.25, -0.2) is 4.39 Å².